The summed E-state index contributed by atoms with van der Waals surface area (Å²) < 4.78 is 31.4. The second-order valence-corrected chi connectivity index (χ2v) is 9.11. The van der Waals surface area contributed by atoms with Crippen molar-refractivity contribution in [1.29, 1.82) is 0 Å². The van der Waals surface area contributed by atoms with Crippen LogP contribution in [0.5, 0.6) is 0 Å². The van der Waals surface area contributed by atoms with Gasteiger partial charge in [0.2, 0.25) is 5.91 Å². The number of anilines is 2. The summed E-state index contributed by atoms with van der Waals surface area (Å²) in [7, 11) is -2.58. The smallest absolute Gasteiger partial charge is 0.296 e. The van der Waals surface area contributed by atoms with Crippen molar-refractivity contribution >= 4 is 50.5 Å². The number of sulfonamides is 1. The van der Waals surface area contributed by atoms with Crippen LogP contribution in [-0.2, 0) is 21.9 Å². The van der Waals surface area contributed by atoms with Crippen LogP contribution in [0.4, 0.5) is 11.4 Å². The number of hydrogen-bond acceptors (Lipinski definition) is 4. The number of carbonyl (C=O) groups is 1. The third-order valence-corrected chi connectivity index (χ3v) is 6.64. The molecule has 3 rings (SSSR count). The van der Waals surface area contributed by atoms with Crippen molar-refractivity contribution in [1.82, 2.24) is 9.36 Å². The molecule has 3 aromatic rings. The van der Waals surface area contributed by atoms with Crippen LogP contribution in [0.15, 0.2) is 58.2 Å². The first kappa shape index (κ1) is 22.9. The molecule has 2 N–H and O–H groups in total. The molecule has 0 aliphatic rings. The summed E-state index contributed by atoms with van der Waals surface area (Å²) in [5.41, 5.74) is 0.619. The summed E-state index contributed by atoms with van der Waals surface area (Å²) in [4.78, 5) is 24.5. The maximum atomic E-state index is 13.1. The highest BCUT2D eigenvalue weighted by Crippen LogP contribution is 2.27. The van der Waals surface area contributed by atoms with E-state index in [1.165, 1.54) is 22.9 Å². The molecule has 0 unspecified atom stereocenters. The minimum atomic E-state index is -4.23. The van der Waals surface area contributed by atoms with Crippen molar-refractivity contribution in [2.45, 2.75) is 18.2 Å². The van der Waals surface area contributed by atoms with E-state index in [-0.39, 0.29) is 39.5 Å². The lowest BCUT2D eigenvalue weighted by Crippen LogP contribution is -2.23. The molecular formula is C20H20Cl2N4O4S. The maximum absolute atomic E-state index is 13.1. The minimum absolute atomic E-state index is 0.0557. The van der Waals surface area contributed by atoms with Gasteiger partial charge in [0.1, 0.15) is 10.6 Å². The first-order chi connectivity index (χ1) is 14.7. The van der Waals surface area contributed by atoms with Gasteiger partial charge in [0.25, 0.3) is 15.6 Å². The number of alkyl halides is 1. The number of halogens is 2. The van der Waals surface area contributed by atoms with Crippen LogP contribution in [0.3, 0.4) is 0 Å². The van der Waals surface area contributed by atoms with Crippen LogP contribution in [0.1, 0.15) is 12.1 Å². The number of nitrogens with one attached hydrogen (secondary N) is 2. The van der Waals surface area contributed by atoms with Gasteiger partial charge in [0.15, 0.2) is 0 Å². The topological polar surface area (TPSA) is 102 Å². The SMILES string of the molecule is Cc1c(NS(=O)(=O)c2cc(NC(=O)CCCl)ccc2Cl)c(=O)n(-c2ccccc2)n1C. The summed E-state index contributed by atoms with van der Waals surface area (Å²) in [5, 5.41) is 2.50. The Labute approximate surface area is 189 Å². The predicted octanol–water partition coefficient (Wildman–Crippen LogP) is 3.51. The molecule has 0 atom stereocenters. The highest BCUT2D eigenvalue weighted by molar-refractivity contribution is 7.92. The van der Waals surface area contributed by atoms with E-state index in [0.29, 0.717) is 11.4 Å². The van der Waals surface area contributed by atoms with Crippen molar-refractivity contribution < 1.29 is 13.2 Å². The van der Waals surface area contributed by atoms with Gasteiger partial charge >= 0.3 is 0 Å². The normalized spacial score (nSPS) is 11.4. The molecule has 1 aromatic heterocycles. The van der Waals surface area contributed by atoms with Crippen molar-refractivity contribution in [3.05, 3.63) is 69.6 Å². The molecule has 0 spiro atoms. The molecule has 164 valence electrons. The van der Waals surface area contributed by atoms with E-state index in [1.54, 1.807) is 42.9 Å². The number of amides is 1. The first-order valence-corrected chi connectivity index (χ1v) is 11.6. The molecule has 0 bridgehead atoms. The highest BCUT2D eigenvalue weighted by Gasteiger charge is 2.24. The number of aromatic nitrogens is 2. The van der Waals surface area contributed by atoms with Crippen LogP contribution in [0.2, 0.25) is 5.02 Å². The van der Waals surface area contributed by atoms with E-state index in [4.69, 9.17) is 23.2 Å². The van der Waals surface area contributed by atoms with Gasteiger partial charge in [-0.25, -0.2) is 13.1 Å². The summed E-state index contributed by atoms with van der Waals surface area (Å²) in [6, 6.07) is 12.9. The zero-order valence-corrected chi connectivity index (χ0v) is 19.1. The van der Waals surface area contributed by atoms with Gasteiger partial charge in [-0.2, -0.15) is 0 Å². The largest absolute Gasteiger partial charge is 0.326 e. The molecule has 0 aliphatic carbocycles. The molecule has 0 radical (unpaired) electrons. The van der Waals surface area contributed by atoms with Crippen molar-refractivity contribution in [3.63, 3.8) is 0 Å². The van der Waals surface area contributed by atoms with Gasteiger partial charge < -0.3 is 5.32 Å². The van der Waals surface area contributed by atoms with E-state index < -0.39 is 15.6 Å². The standard InChI is InChI=1S/C20H20Cl2N4O4S/c1-13-19(20(28)26(25(13)2)15-6-4-3-5-7-15)24-31(29,30)17-12-14(8-9-16(17)22)23-18(27)10-11-21/h3-9,12,24H,10-11H2,1-2H3,(H,23,27). The number of carbonyl (C=O) groups excluding carboxylic acids is 1. The third kappa shape index (κ3) is 4.79. The van der Waals surface area contributed by atoms with Gasteiger partial charge in [-0.15, -0.1) is 11.6 Å². The fraction of sp³-hybridized carbons (Fsp3) is 0.200. The Morgan fingerprint density at radius 2 is 1.81 bits per heavy atom. The van der Waals surface area contributed by atoms with Crippen molar-refractivity contribution in [3.8, 4) is 5.69 Å². The molecular weight excluding hydrogens is 463 g/mol. The molecule has 0 saturated heterocycles. The maximum Gasteiger partial charge on any atom is 0.296 e. The van der Waals surface area contributed by atoms with Crippen molar-refractivity contribution in [2.24, 2.45) is 7.05 Å². The number of rotatable bonds is 7. The van der Waals surface area contributed by atoms with Gasteiger partial charge in [0, 0.05) is 25.0 Å². The van der Waals surface area contributed by atoms with Crippen LogP contribution in [0, 0.1) is 6.92 Å². The van der Waals surface area contributed by atoms with Gasteiger partial charge in [-0.3, -0.25) is 19.0 Å². The summed E-state index contributed by atoms with van der Waals surface area (Å²) in [6.07, 6.45) is 0.0761. The molecule has 1 heterocycles. The number of hydrogen-bond donors (Lipinski definition) is 2. The quantitative estimate of drug-likeness (QED) is 0.502. The Balaban J connectivity index is 2.00. The van der Waals surface area contributed by atoms with Crippen LogP contribution in [-0.4, -0.2) is 29.6 Å². The predicted molar refractivity (Wildman–Crippen MR) is 122 cm³/mol. The molecule has 31 heavy (non-hydrogen) atoms. The third-order valence-electron chi connectivity index (χ3n) is 4.62. The molecule has 1 amide bonds. The van der Waals surface area contributed by atoms with E-state index in [1.807, 2.05) is 6.07 Å². The fourth-order valence-electron chi connectivity index (χ4n) is 2.97. The van der Waals surface area contributed by atoms with Crippen LogP contribution < -0.4 is 15.6 Å². The van der Waals surface area contributed by atoms with Gasteiger partial charge in [0.05, 0.1) is 16.4 Å². The molecule has 11 heteroatoms. The highest BCUT2D eigenvalue weighted by atomic mass is 35.5. The lowest BCUT2D eigenvalue weighted by molar-refractivity contribution is -0.115. The Bertz CT molecular complexity index is 1280. The molecule has 0 fully saturated rings. The van der Waals surface area contributed by atoms with E-state index >= 15 is 0 Å². The fourth-order valence-corrected chi connectivity index (χ4v) is 4.79. The summed E-state index contributed by atoms with van der Waals surface area (Å²) in [6.45, 7) is 1.63. The summed E-state index contributed by atoms with van der Waals surface area (Å²) in [5.74, 6) is -0.231. The van der Waals surface area contributed by atoms with E-state index in [2.05, 4.69) is 10.0 Å². The zero-order valence-electron chi connectivity index (χ0n) is 16.7. The molecule has 0 aliphatic heterocycles. The minimum Gasteiger partial charge on any atom is -0.326 e. The average molecular weight is 483 g/mol. The van der Waals surface area contributed by atoms with Gasteiger partial charge in [-0.05, 0) is 37.3 Å². The Hall–Kier alpha value is -2.75. The van der Waals surface area contributed by atoms with Gasteiger partial charge in [-0.1, -0.05) is 29.8 Å². The number of nitrogens with zero attached hydrogens (tertiary/aromatic N) is 2. The average Bonchev–Trinajstić information content (AvgIpc) is 2.93. The zero-order chi connectivity index (χ0) is 22.8. The lowest BCUT2D eigenvalue weighted by atomic mass is 10.3. The van der Waals surface area contributed by atoms with E-state index in [9.17, 15) is 18.0 Å². The Morgan fingerprint density at radius 3 is 2.45 bits per heavy atom. The number of para-hydroxylation sites is 1. The van der Waals surface area contributed by atoms with E-state index in [0.717, 1.165) is 0 Å². The molecule has 2 aromatic carbocycles. The second kappa shape index (κ2) is 9.17. The first-order valence-electron chi connectivity index (χ1n) is 9.18. The van der Waals surface area contributed by atoms with Crippen molar-refractivity contribution in [2.75, 3.05) is 15.9 Å². The Kier molecular flexibility index (Phi) is 6.78. The lowest BCUT2D eigenvalue weighted by Gasteiger charge is -2.11. The van der Waals surface area contributed by atoms with Crippen LogP contribution >= 0.6 is 23.2 Å². The monoisotopic (exact) mass is 482 g/mol. The number of benzene rings is 2. The summed E-state index contributed by atoms with van der Waals surface area (Å²) >= 11 is 11.7. The Morgan fingerprint density at radius 1 is 1.13 bits per heavy atom. The molecule has 0 saturated carbocycles. The second-order valence-electron chi connectivity index (χ2n) is 6.67. The molecule has 8 nitrogen and oxygen atoms in total. The van der Waals surface area contributed by atoms with Crippen LogP contribution in [0.25, 0.3) is 5.69 Å².